The maximum atomic E-state index is 12.3. The van der Waals surface area contributed by atoms with E-state index in [9.17, 15) is 9.59 Å². The molecule has 128 valence electrons. The summed E-state index contributed by atoms with van der Waals surface area (Å²) in [6.45, 7) is 4.70. The lowest BCUT2D eigenvalue weighted by Gasteiger charge is -2.21. The predicted molar refractivity (Wildman–Crippen MR) is 88.2 cm³/mol. The summed E-state index contributed by atoms with van der Waals surface area (Å²) >= 11 is 12.6. The molecule has 1 aliphatic heterocycles. The lowest BCUT2D eigenvalue weighted by Crippen LogP contribution is -2.43. The number of rotatable bonds is 6. The van der Waals surface area contributed by atoms with Gasteiger partial charge >= 0.3 is 5.97 Å². The number of esters is 1. The Morgan fingerprint density at radius 3 is 2.74 bits per heavy atom. The van der Waals surface area contributed by atoms with Gasteiger partial charge in [0.25, 0.3) is 5.91 Å². The maximum absolute atomic E-state index is 12.3. The third-order valence-electron chi connectivity index (χ3n) is 3.42. The fourth-order valence-electron chi connectivity index (χ4n) is 2.17. The summed E-state index contributed by atoms with van der Waals surface area (Å²) in [7, 11) is 0. The van der Waals surface area contributed by atoms with E-state index in [0.717, 1.165) is 24.4 Å². The highest BCUT2D eigenvalue weighted by molar-refractivity contribution is 7.11. The molecular weight excluding hydrogens is 363 g/mol. The molecule has 0 aromatic carbocycles. The molecule has 0 bridgehead atoms. The van der Waals surface area contributed by atoms with Crippen molar-refractivity contribution in [3.8, 4) is 0 Å². The van der Waals surface area contributed by atoms with Crippen molar-refractivity contribution in [1.82, 2.24) is 9.69 Å². The molecule has 0 saturated carbocycles. The third-order valence-corrected chi connectivity index (χ3v) is 5.03. The Morgan fingerprint density at radius 2 is 2.22 bits per heavy atom. The van der Waals surface area contributed by atoms with Crippen LogP contribution in [-0.2, 0) is 14.3 Å². The lowest BCUT2D eigenvalue weighted by molar-refractivity contribution is -0.132. The number of halogens is 2. The quantitative estimate of drug-likeness (QED) is 0.767. The van der Waals surface area contributed by atoms with Gasteiger partial charge in [0.1, 0.15) is 9.36 Å². The van der Waals surface area contributed by atoms with Gasteiger partial charge in [0.2, 0.25) is 0 Å². The molecule has 0 unspecified atom stereocenters. The largest absolute Gasteiger partial charge is 0.447 e. The Hall–Kier alpha value is -0.890. The van der Waals surface area contributed by atoms with Crippen LogP contribution in [-0.4, -0.2) is 41.6 Å². The van der Waals surface area contributed by atoms with Crippen LogP contribution in [0.5, 0.6) is 0 Å². The Morgan fingerprint density at radius 1 is 1.48 bits per heavy atom. The van der Waals surface area contributed by atoms with Gasteiger partial charge in [-0.25, -0.2) is 4.79 Å². The third kappa shape index (κ3) is 4.79. The standard InChI is InChI=1S/C14H18Cl2N2O4S/c1-7(2)11(13(19)17-6-8-4-3-5-21-8)22-14(20)10-9(15)12(16)23-18-10/h7-8,11H,3-6H2,1-2H3,(H,17,19)/t8-,11-/m0/s1. The van der Waals surface area contributed by atoms with Gasteiger partial charge in [-0.3, -0.25) is 4.79 Å². The van der Waals surface area contributed by atoms with Gasteiger partial charge in [0.05, 0.1) is 6.10 Å². The normalized spacial score (nSPS) is 18.9. The summed E-state index contributed by atoms with van der Waals surface area (Å²) in [5.41, 5.74) is -0.0701. The summed E-state index contributed by atoms with van der Waals surface area (Å²) in [5, 5.41) is 2.81. The van der Waals surface area contributed by atoms with Crippen molar-refractivity contribution in [3.05, 3.63) is 15.1 Å². The van der Waals surface area contributed by atoms with Crippen LogP contribution in [0, 0.1) is 5.92 Å². The van der Waals surface area contributed by atoms with Gasteiger partial charge in [-0.05, 0) is 30.3 Å². The molecule has 1 saturated heterocycles. The molecule has 2 heterocycles. The summed E-state index contributed by atoms with van der Waals surface area (Å²) in [6.07, 6.45) is 1.00. The van der Waals surface area contributed by atoms with Gasteiger partial charge in [-0.15, -0.1) is 0 Å². The fraction of sp³-hybridized carbons (Fsp3) is 0.643. The summed E-state index contributed by atoms with van der Waals surface area (Å²) in [5.74, 6) is -1.32. The number of carbonyl (C=O) groups excluding carboxylic acids is 2. The average molecular weight is 381 g/mol. The number of amides is 1. The smallest absolute Gasteiger partial charge is 0.360 e. The minimum Gasteiger partial charge on any atom is -0.447 e. The molecule has 23 heavy (non-hydrogen) atoms. The lowest BCUT2D eigenvalue weighted by atomic mass is 10.1. The highest BCUT2D eigenvalue weighted by atomic mass is 35.5. The molecule has 0 radical (unpaired) electrons. The highest BCUT2D eigenvalue weighted by Crippen LogP contribution is 2.30. The second kappa shape index (κ2) is 8.28. The summed E-state index contributed by atoms with van der Waals surface area (Å²) in [4.78, 5) is 24.4. The van der Waals surface area contributed by atoms with E-state index in [2.05, 4.69) is 9.69 Å². The molecule has 1 fully saturated rings. The Labute approximate surface area is 148 Å². The molecule has 0 aliphatic carbocycles. The fourth-order valence-corrected chi connectivity index (χ4v) is 3.15. The van der Waals surface area contributed by atoms with Gasteiger partial charge in [-0.2, -0.15) is 4.37 Å². The zero-order chi connectivity index (χ0) is 17.0. The minimum atomic E-state index is -0.930. The molecule has 9 heteroatoms. The number of nitrogens with one attached hydrogen (secondary N) is 1. The number of nitrogens with zero attached hydrogens (tertiary/aromatic N) is 1. The molecule has 2 rings (SSSR count). The SMILES string of the molecule is CC(C)[C@H](OC(=O)c1nsc(Cl)c1Cl)C(=O)NC[C@@H]1CCCO1. The van der Waals surface area contributed by atoms with E-state index >= 15 is 0 Å². The van der Waals surface area contributed by atoms with Gasteiger partial charge < -0.3 is 14.8 Å². The number of hydrogen-bond acceptors (Lipinski definition) is 6. The van der Waals surface area contributed by atoms with E-state index in [1.165, 1.54) is 0 Å². The van der Waals surface area contributed by atoms with Crippen LogP contribution < -0.4 is 5.32 Å². The van der Waals surface area contributed by atoms with Crippen molar-refractivity contribution < 1.29 is 19.1 Å². The Balaban J connectivity index is 1.95. The van der Waals surface area contributed by atoms with Gasteiger partial charge in [-0.1, -0.05) is 37.0 Å². The highest BCUT2D eigenvalue weighted by Gasteiger charge is 2.30. The minimum absolute atomic E-state index is 0.0225. The monoisotopic (exact) mass is 380 g/mol. The first-order chi connectivity index (χ1) is 10.9. The van der Waals surface area contributed by atoms with E-state index in [1.807, 2.05) is 0 Å². The van der Waals surface area contributed by atoms with Crippen LogP contribution in [0.1, 0.15) is 37.2 Å². The van der Waals surface area contributed by atoms with Crippen molar-refractivity contribution in [2.24, 2.45) is 5.92 Å². The van der Waals surface area contributed by atoms with Crippen molar-refractivity contribution in [2.75, 3.05) is 13.2 Å². The van der Waals surface area contributed by atoms with Gasteiger partial charge in [0.15, 0.2) is 11.8 Å². The van der Waals surface area contributed by atoms with Crippen LogP contribution >= 0.6 is 34.7 Å². The topological polar surface area (TPSA) is 77.5 Å². The van der Waals surface area contributed by atoms with Gasteiger partial charge in [0, 0.05) is 13.2 Å². The van der Waals surface area contributed by atoms with E-state index in [4.69, 9.17) is 32.7 Å². The molecule has 1 aliphatic rings. The van der Waals surface area contributed by atoms with Crippen LogP contribution in [0.3, 0.4) is 0 Å². The van der Waals surface area contributed by atoms with Crippen LogP contribution in [0.25, 0.3) is 0 Å². The molecule has 1 aromatic rings. The summed E-state index contributed by atoms with van der Waals surface area (Å²) < 4.78 is 14.8. The van der Waals surface area contributed by atoms with Crippen LogP contribution in [0.15, 0.2) is 0 Å². The first-order valence-corrected chi connectivity index (χ1v) is 8.84. The predicted octanol–water partition coefficient (Wildman–Crippen LogP) is 2.93. The van der Waals surface area contributed by atoms with Crippen LogP contribution in [0.2, 0.25) is 9.36 Å². The molecule has 6 nitrogen and oxygen atoms in total. The van der Waals surface area contributed by atoms with E-state index in [1.54, 1.807) is 13.8 Å². The zero-order valence-corrected chi connectivity index (χ0v) is 15.1. The number of aromatic nitrogens is 1. The van der Waals surface area contributed by atoms with E-state index in [0.29, 0.717) is 13.2 Å². The van der Waals surface area contributed by atoms with Crippen molar-refractivity contribution in [1.29, 1.82) is 0 Å². The molecule has 1 aromatic heterocycles. The van der Waals surface area contributed by atoms with Crippen molar-refractivity contribution >= 4 is 46.6 Å². The zero-order valence-electron chi connectivity index (χ0n) is 12.8. The molecule has 0 spiro atoms. The van der Waals surface area contributed by atoms with Crippen LogP contribution in [0.4, 0.5) is 0 Å². The second-order valence-corrected chi connectivity index (χ2v) is 7.32. The van der Waals surface area contributed by atoms with E-state index in [-0.39, 0.29) is 33.0 Å². The average Bonchev–Trinajstić information content (AvgIpc) is 3.13. The van der Waals surface area contributed by atoms with Crippen molar-refractivity contribution in [2.45, 2.75) is 38.9 Å². The Kier molecular flexibility index (Phi) is 6.64. The molecule has 1 amide bonds. The maximum Gasteiger partial charge on any atom is 0.360 e. The first-order valence-electron chi connectivity index (χ1n) is 7.31. The number of carbonyl (C=O) groups is 2. The molecule has 2 atom stereocenters. The number of ether oxygens (including phenoxy) is 2. The van der Waals surface area contributed by atoms with E-state index < -0.39 is 12.1 Å². The van der Waals surface area contributed by atoms with Crippen molar-refractivity contribution in [3.63, 3.8) is 0 Å². The second-order valence-electron chi connectivity index (χ2n) is 5.57. The number of hydrogen-bond donors (Lipinski definition) is 1. The summed E-state index contributed by atoms with van der Waals surface area (Å²) in [6, 6.07) is 0. The molecular formula is C14H18Cl2N2O4S. The Bertz CT molecular complexity index is 573. The first kappa shape index (κ1) is 18.4. The molecule has 1 N–H and O–H groups in total.